The highest BCUT2D eigenvalue weighted by molar-refractivity contribution is 9.10. The molecule has 0 aromatic carbocycles. The number of hydrazine groups is 1. The first-order valence-electron chi connectivity index (χ1n) is 3.82. The van der Waals surface area contributed by atoms with Gasteiger partial charge >= 0.3 is 0 Å². The number of nitrogens with two attached hydrogens (primary N) is 1. The molecule has 1 unspecified atom stereocenters. The van der Waals surface area contributed by atoms with E-state index >= 15 is 0 Å². The number of aromatic nitrogens is 2. The van der Waals surface area contributed by atoms with Gasteiger partial charge in [0.15, 0.2) is 0 Å². The molecular formula is C7H11BrN4O. The lowest BCUT2D eigenvalue weighted by atomic mass is 10.2. The molecule has 13 heavy (non-hydrogen) atoms. The highest BCUT2D eigenvalue weighted by atomic mass is 79.9. The van der Waals surface area contributed by atoms with Gasteiger partial charge in [0.1, 0.15) is 0 Å². The van der Waals surface area contributed by atoms with Crippen LogP contribution in [0.25, 0.3) is 0 Å². The van der Waals surface area contributed by atoms with Gasteiger partial charge in [-0.3, -0.25) is 14.9 Å². The van der Waals surface area contributed by atoms with Crippen molar-refractivity contribution in [2.24, 2.45) is 5.84 Å². The van der Waals surface area contributed by atoms with E-state index in [1.807, 2.05) is 13.1 Å². The van der Waals surface area contributed by atoms with Crippen molar-refractivity contribution in [3.8, 4) is 0 Å². The summed E-state index contributed by atoms with van der Waals surface area (Å²) in [5, 5.41) is 4.05. The third kappa shape index (κ3) is 2.82. The van der Waals surface area contributed by atoms with Crippen LogP contribution in [0.3, 0.4) is 0 Å². The Morgan fingerprint density at radius 2 is 2.62 bits per heavy atom. The van der Waals surface area contributed by atoms with Gasteiger partial charge in [-0.15, -0.1) is 0 Å². The second kappa shape index (κ2) is 4.38. The number of nitrogens with one attached hydrogen (secondary N) is 1. The van der Waals surface area contributed by atoms with E-state index in [4.69, 9.17) is 5.84 Å². The maximum absolute atomic E-state index is 10.9. The second-order valence-corrected chi connectivity index (χ2v) is 3.67. The van der Waals surface area contributed by atoms with E-state index in [9.17, 15) is 4.79 Å². The maximum atomic E-state index is 10.9. The Kier molecular flexibility index (Phi) is 3.44. The molecule has 0 aliphatic carbocycles. The predicted octanol–water partition coefficient (Wildman–Crippen LogP) is 0.587. The Morgan fingerprint density at radius 3 is 3.08 bits per heavy atom. The smallest absolute Gasteiger partial charge is 0.236 e. The van der Waals surface area contributed by atoms with Crippen molar-refractivity contribution in [3.63, 3.8) is 0 Å². The van der Waals surface area contributed by atoms with E-state index in [0.29, 0.717) is 6.42 Å². The van der Waals surface area contributed by atoms with Crippen molar-refractivity contribution < 1.29 is 4.79 Å². The zero-order valence-electron chi connectivity index (χ0n) is 7.20. The van der Waals surface area contributed by atoms with Gasteiger partial charge in [0.05, 0.1) is 23.1 Å². The maximum Gasteiger partial charge on any atom is 0.236 e. The standard InChI is InChI=1S/C7H11BrN4O/c1-5(2-7(13)11-9)12-4-6(8)3-10-12/h3-5H,2,9H2,1H3,(H,11,13). The fraction of sp³-hybridized carbons (Fsp3) is 0.429. The quantitative estimate of drug-likeness (QED) is 0.466. The van der Waals surface area contributed by atoms with Gasteiger partial charge in [0.2, 0.25) is 5.91 Å². The largest absolute Gasteiger partial charge is 0.294 e. The van der Waals surface area contributed by atoms with Gasteiger partial charge < -0.3 is 0 Å². The second-order valence-electron chi connectivity index (χ2n) is 2.76. The van der Waals surface area contributed by atoms with Crippen molar-refractivity contribution in [1.82, 2.24) is 15.2 Å². The number of amides is 1. The molecule has 0 aliphatic rings. The summed E-state index contributed by atoms with van der Waals surface area (Å²) >= 11 is 3.28. The molecule has 6 heteroatoms. The first-order chi connectivity index (χ1) is 6.13. The molecule has 1 heterocycles. The van der Waals surface area contributed by atoms with Gasteiger partial charge in [-0.05, 0) is 22.9 Å². The SMILES string of the molecule is CC(CC(=O)NN)n1cc(Br)cn1. The van der Waals surface area contributed by atoms with Crippen LogP contribution < -0.4 is 11.3 Å². The van der Waals surface area contributed by atoms with Crippen molar-refractivity contribution in [1.29, 1.82) is 0 Å². The van der Waals surface area contributed by atoms with Crippen molar-refractivity contribution in [2.75, 3.05) is 0 Å². The third-order valence-corrected chi connectivity index (χ3v) is 2.07. The zero-order chi connectivity index (χ0) is 9.84. The number of hydrogen-bond donors (Lipinski definition) is 2. The highest BCUT2D eigenvalue weighted by Crippen LogP contribution is 2.13. The Bertz CT molecular complexity index is 298. The minimum atomic E-state index is -0.195. The number of carbonyl (C=O) groups excluding carboxylic acids is 1. The number of nitrogens with zero attached hydrogens (tertiary/aromatic N) is 2. The van der Waals surface area contributed by atoms with Crippen LogP contribution in [-0.2, 0) is 4.79 Å². The van der Waals surface area contributed by atoms with E-state index in [1.165, 1.54) is 0 Å². The number of carbonyl (C=O) groups is 1. The topological polar surface area (TPSA) is 72.9 Å². The minimum Gasteiger partial charge on any atom is -0.294 e. The minimum absolute atomic E-state index is 0.00912. The van der Waals surface area contributed by atoms with E-state index in [2.05, 4.69) is 26.5 Å². The van der Waals surface area contributed by atoms with Gasteiger partial charge in [0.25, 0.3) is 0 Å². The third-order valence-electron chi connectivity index (χ3n) is 1.66. The molecule has 1 atom stereocenters. The van der Waals surface area contributed by atoms with Crippen molar-refractivity contribution >= 4 is 21.8 Å². The molecule has 3 N–H and O–H groups in total. The lowest BCUT2D eigenvalue weighted by Crippen LogP contribution is -2.31. The molecule has 5 nitrogen and oxygen atoms in total. The Labute approximate surface area is 84.4 Å². The summed E-state index contributed by atoms with van der Waals surface area (Å²) in [5.41, 5.74) is 2.08. The number of hydrogen-bond acceptors (Lipinski definition) is 3. The summed E-state index contributed by atoms with van der Waals surface area (Å²) < 4.78 is 2.60. The monoisotopic (exact) mass is 246 g/mol. The van der Waals surface area contributed by atoms with Crippen LogP contribution in [0.5, 0.6) is 0 Å². The fourth-order valence-electron chi connectivity index (χ4n) is 0.977. The van der Waals surface area contributed by atoms with Crippen LogP contribution >= 0.6 is 15.9 Å². The Balaban J connectivity index is 2.58. The van der Waals surface area contributed by atoms with Gasteiger partial charge in [0, 0.05) is 6.20 Å². The van der Waals surface area contributed by atoms with E-state index in [1.54, 1.807) is 10.9 Å². The van der Waals surface area contributed by atoms with Crippen LogP contribution in [0.1, 0.15) is 19.4 Å². The van der Waals surface area contributed by atoms with Crippen LogP contribution in [0, 0.1) is 0 Å². The lowest BCUT2D eigenvalue weighted by molar-refractivity contribution is -0.121. The van der Waals surface area contributed by atoms with Crippen LogP contribution in [-0.4, -0.2) is 15.7 Å². The molecule has 0 aliphatic heterocycles. The van der Waals surface area contributed by atoms with Gasteiger partial charge in [-0.1, -0.05) is 0 Å². The van der Waals surface area contributed by atoms with E-state index in [-0.39, 0.29) is 11.9 Å². The molecule has 1 amide bonds. The van der Waals surface area contributed by atoms with Crippen LogP contribution in [0.2, 0.25) is 0 Å². The molecule has 1 aromatic heterocycles. The van der Waals surface area contributed by atoms with Crippen molar-refractivity contribution in [3.05, 3.63) is 16.9 Å². The van der Waals surface area contributed by atoms with Gasteiger partial charge in [-0.2, -0.15) is 5.10 Å². The normalized spacial score (nSPS) is 12.5. The molecule has 0 fully saturated rings. The Hall–Kier alpha value is -0.880. The summed E-state index contributed by atoms with van der Waals surface area (Å²) in [7, 11) is 0. The average Bonchev–Trinajstić information content (AvgIpc) is 2.51. The van der Waals surface area contributed by atoms with Crippen LogP contribution in [0.15, 0.2) is 16.9 Å². The number of rotatable bonds is 3. The fourth-order valence-corrected chi connectivity index (χ4v) is 1.28. The number of halogens is 1. The first kappa shape index (κ1) is 10.2. The zero-order valence-corrected chi connectivity index (χ0v) is 8.78. The van der Waals surface area contributed by atoms with E-state index in [0.717, 1.165) is 4.47 Å². The lowest BCUT2D eigenvalue weighted by Gasteiger charge is -2.09. The molecule has 72 valence electrons. The molecule has 0 spiro atoms. The van der Waals surface area contributed by atoms with Crippen molar-refractivity contribution in [2.45, 2.75) is 19.4 Å². The predicted molar refractivity (Wildman–Crippen MR) is 51.6 cm³/mol. The Morgan fingerprint density at radius 1 is 1.92 bits per heavy atom. The van der Waals surface area contributed by atoms with Gasteiger partial charge in [-0.25, -0.2) is 5.84 Å². The van der Waals surface area contributed by atoms with Crippen LogP contribution in [0.4, 0.5) is 0 Å². The first-order valence-corrected chi connectivity index (χ1v) is 4.62. The highest BCUT2D eigenvalue weighted by Gasteiger charge is 2.10. The summed E-state index contributed by atoms with van der Waals surface area (Å²) in [6, 6.07) is 0.00912. The molecule has 1 aromatic rings. The molecular weight excluding hydrogens is 236 g/mol. The molecule has 1 rings (SSSR count). The summed E-state index contributed by atoms with van der Waals surface area (Å²) in [6.07, 6.45) is 3.82. The average molecular weight is 247 g/mol. The molecule has 0 saturated heterocycles. The molecule has 0 radical (unpaired) electrons. The summed E-state index contributed by atoms with van der Waals surface area (Å²) in [6.45, 7) is 1.90. The molecule has 0 saturated carbocycles. The van der Waals surface area contributed by atoms with E-state index < -0.39 is 0 Å². The molecule has 0 bridgehead atoms. The summed E-state index contributed by atoms with van der Waals surface area (Å²) in [5.74, 6) is 4.77. The summed E-state index contributed by atoms with van der Waals surface area (Å²) in [4.78, 5) is 10.9.